The van der Waals surface area contributed by atoms with Crippen LogP contribution in [0.2, 0.25) is 0 Å². The summed E-state index contributed by atoms with van der Waals surface area (Å²) in [4.78, 5) is 25.4. The number of carbonyl (C=O) groups is 2. The van der Waals surface area contributed by atoms with Crippen LogP contribution in [0, 0.1) is 0 Å². The lowest BCUT2D eigenvalue weighted by molar-refractivity contribution is 0.0734. The van der Waals surface area contributed by atoms with E-state index in [1.165, 1.54) is 6.21 Å². The highest BCUT2D eigenvalue weighted by atomic mass is 16.5. The molecule has 0 spiro atoms. The SMILES string of the molecule is O=C(Oc1ccc2ccccc2c1/C=N\NC(=O)c1cc2ccccc2cc1O)c1ccccc1. The first-order valence-corrected chi connectivity index (χ1v) is 10.9. The number of nitrogens with zero attached hydrogens (tertiary/aromatic N) is 1. The van der Waals surface area contributed by atoms with Gasteiger partial charge in [0.25, 0.3) is 5.91 Å². The van der Waals surface area contributed by atoms with Crippen molar-refractivity contribution >= 4 is 39.6 Å². The first-order valence-electron chi connectivity index (χ1n) is 10.9. The minimum atomic E-state index is -0.562. The van der Waals surface area contributed by atoms with E-state index in [4.69, 9.17) is 4.74 Å². The van der Waals surface area contributed by atoms with Gasteiger partial charge in [-0.25, -0.2) is 10.2 Å². The largest absolute Gasteiger partial charge is 0.507 e. The maximum absolute atomic E-state index is 12.7. The van der Waals surface area contributed by atoms with Crippen LogP contribution < -0.4 is 10.2 Å². The zero-order chi connectivity index (χ0) is 24.2. The number of hydrogen-bond acceptors (Lipinski definition) is 5. The molecule has 170 valence electrons. The number of fused-ring (bicyclic) bond motifs is 2. The Bertz CT molecular complexity index is 1590. The molecule has 0 saturated heterocycles. The van der Waals surface area contributed by atoms with Crippen LogP contribution in [0.5, 0.6) is 11.5 Å². The molecule has 5 aromatic rings. The molecule has 0 radical (unpaired) electrons. The molecule has 0 aliphatic rings. The average molecular weight is 460 g/mol. The molecule has 0 heterocycles. The molecule has 0 aliphatic heterocycles. The number of aromatic hydroxyl groups is 1. The van der Waals surface area contributed by atoms with Crippen LogP contribution in [0.15, 0.2) is 108 Å². The summed E-state index contributed by atoms with van der Waals surface area (Å²) in [5.41, 5.74) is 3.52. The second kappa shape index (κ2) is 9.49. The maximum Gasteiger partial charge on any atom is 0.343 e. The van der Waals surface area contributed by atoms with E-state index in [1.807, 2.05) is 60.7 Å². The molecule has 0 saturated carbocycles. The van der Waals surface area contributed by atoms with Crippen molar-refractivity contribution in [1.82, 2.24) is 5.43 Å². The Morgan fingerprint density at radius 2 is 1.43 bits per heavy atom. The average Bonchev–Trinajstić information content (AvgIpc) is 2.89. The van der Waals surface area contributed by atoms with Crippen molar-refractivity contribution in [3.05, 3.63) is 120 Å². The predicted molar refractivity (Wildman–Crippen MR) is 136 cm³/mol. The number of phenolic OH excluding ortho intramolecular Hbond substituents is 1. The molecule has 1 amide bonds. The number of hydrogen-bond donors (Lipinski definition) is 2. The summed E-state index contributed by atoms with van der Waals surface area (Å²) >= 11 is 0. The third kappa shape index (κ3) is 4.58. The quantitative estimate of drug-likeness (QED) is 0.153. The number of benzene rings is 5. The maximum atomic E-state index is 12.7. The van der Waals surface area contributed by atoms with Gasteiger partial charge in [0.05, 0.1) is 17.3 Å². The topological polar surface area (TPSA) is 88.0 Å². The highest BCUT2D eigenvalue weighted by Gasteiger charge is 2.15. The van der Waals surface area contributed by atoms with E-state index in [9.17, 15) is 14.7 Å². The first-order chi connectivity index (χ1) is 17.1. The molecule has 0 unspecified atom stereocenters. The lowest BCUT2D eigenvalue weighted by Gasteiger charge is -2.11. The molecule has 0 atom stereocenters. The molecule has 0 aromatic heterocycles. The second-order valence-corrected chi connectivity index (χ2v) is 7.87. The molecule has 6 heteroatoms. The van der Waals surface area contributed by atoms with Crippen LogP contribution in [-0.2, 0) is 0 Å². The molecule has 0 bridgehead atoms. The highest BCUT2D eigenvalue weighted by molar-refractivity contribution is 6.05. The van der Waals surface area contributed by atoms with Gasteiger partial charge in [-0.2, -0.15) is 5.10 Å². The van der Waals surface area contributed by atoms with Crippen molar-refractivity contribution < 1.29 is 19.4 Å². The van der Waals surface area contributed by atoms with Crippen molar-refractivity contribution in [3.63, 3.8) is 0 Å². The summed E-state index contributed by atoms with van der Waals surface area (Å²) in [6.45, 7) is 0. The van der Waals surface area contributed by atoms with Gasteiger partial charge in [-0.1, -0.05) is 72.8 Å². The van der Waals surface area contributed by atoms with Gasteiger partial charge in [0.2, 0.25) is 0 Å². The van der Waals surface area contributed by atoms with Crippen LogP contribution in [0.25, 0.3) is 21.5 Å². The summed E-state index contributed by atoms with van der Waals surface area (Å²) in [5, 5.41) is 17.8. The van der Waals surface area contributed by atoms with E-state index < -0.39 is 11.9 Å². The standard InChI is InChI=1S/C29H20N2O4/c32-26-17-22-12-5-4-11-21(22)16-24(26)28(33)31-30-18-25-23-13-7-6-8-19(23)14-15-27(25)35-29(34)20-9-2-1-3-10-20/h1-18,32H,(H,31,33)/b30-18-. The van der Waals surface area contributed by atoms with E-state index in [0.29, 0.717) is 16.9 Å². The minimum absolute atomic E-state index is 0.106. The van der Waals surface area contributed by atoms with Crippen LogP contribution in [-0.4, -0.2) is 23.2 Å². The monoisotopic (exact) mass is 460 g/mol. The van der Waals surface area contributed by atoms with Crippen LogP contribution >= 0.6 is 0 Å². The number of rotatable bonds is 5. The number of amides is 1. The molecule has 5 rings (SSSR count). The van der Waals surface area contributed by atoms with Crippen molar-refractivity contribution in [2.24, 2.45) is 5.10 Å². The summed E-state index contributed by atoms with van der Waals surface area (Å²) in [7, 11) is 0. The Labute approximate surface area is 201 Å². The van der Waals surface area contributed by atoms with E-state index >= 15 is 0 Å². The van der Waals surface area contributed by atoms with E-state index in [-0.39, 0.29) is 11.3 Å². The van der Waals surface area contributed by atoms with Crippen molar-refractivity contribution in [1.29, 1.82) is 0 Å². The van der Waals surface area contributed by atoms with Gasteiger partial charge in [-0.15, -0.1) is 0 Å². The van der Waals surface area contributed by atoms with Gasteiger partial charge in [0, 0.05) is 5.56 Å². The summed E-state index contributed by atoms with van der Waals surface area (Å²) in [6, 6.07) is 30.4. The number of nitrogens with one attached hydrogen (secondary N) is 1. The zero-order valence-electron chi connectivity index (χ0n) is 18.5. The van der Waals surface area contributed by atoms with Crippen LogP contribution in [0.3, 0.4) is 0 Å². The van der Waals surface area contributed by atoms with Crippen molar-refractivity contribution in [2.75, 3.05) is 0 Å². The second-order valence-electron chi connectivity index (χ2n) is 7.87. The molecule has 5 aromatic carbocycles. The van der Waals surface area contributed by atoms with Crippen LogP contribution in [0.1, 0.15) is 26.3 Å². The van der Waals surface area contributed by atoms with Gasteiger partial charge < -0.3 is 9.84 Å². The third-order valence-corrected chi connectivity index (χ3v) is 5.61. The van der Waals surface area contributed by atoms with Gasteiger partial charge in [0.1, 0.15) is 11.5 Å². The molecular weight excluding hydrogens is 440 g/mol. The normalized spacial score (nSPS) is 11.1. The predicted octanol–water partition coefficient (Wildman–Crippen LogP) is 5.68. The fourth-order valence-corrected chi connectivity index (χ4v) is 3.86. The smallest absolute Gasteiger partial charge is 0.343 e. The number of carbonyl (C=O) groups excluding carboxylic acids is 2. The molecule has 35 heavy (non-hydrogen) atoms. The van der Waals surface area contributed by atoms with Gasteiger partial charge >= 0.3 is 5.97 Å². The minimum Gasteiger partial charge on any atom is -0.507 e. The zero-order valence-corrected chi connectivity index (χ0v) is 18.5. The number of ether oxygens (including phenoxy) is 1. The number of esters is 1. The molecular formula is C29H20N2O4. The van der Waals surface area contributed by atoms with Gasteiger partial charge in [0.15, 0.2) is 0 Å². The van der Waals surface area contributed by atoms with Crippen molar-refractivity contribution in [3.8, 4) is 11.5 Å². The summed E-state index contributed by atoms with van der Waals surface area (Å²) in [6.07, 6.45) is 1.44. The Hall–Kier alpha value is -4.97. The summed E-state index contributed by atoms with van der Waals surface area (Å²) in [5.74, 6) is -0.892. The Morgan fingerprint density at radius 3 is 2.20 bits per heavy atom. The van der Waals surface area contributed by atoms with Gasteiger partial charge in [-0.05, 0) is 51.9 Å². The van der Waals surface area contributed by atoms with Crippen LogP contribution in [0.4, 0.5) is 0 Å². The highest BCUT2D eigenvalue weighted by Crippen LogP contribution is 2.28. The number of phenols is 1. The van der Waals surface area contributed by atoms with Gasteiger partial charge in [-0.3, -0.25) is 4.79 Å². The molecule has 6 nitrogen and oxygen atoms in total. The fourth-order valence-electron chi connectivity index (χ4n) is 3.86. The number of hydrazone groups is 1. The molecule has 0 aliphatic carbocycles. The van der Waals surface area contributed by atoms with E-state index in [0.717, 1.165) is 21.5 Å². The molecule has 2 N–H and O–H groups in total. The summed E-state index contributed by atoms with van der Waals surface area (Å²) < 4.78 is 5.67. The Balaban J connectivity index is 1.44. The lowest BCUT2D eigenvalue weighted by atomic mass is 10.0. The van der Waals surface area contributed by atoms with E-state index in [1.54, 1.807) is 42.5 Å². The Morgan fingerprint density at radius 1 is 0.771 bits per heavy atom. The fraction of sp³-hybridized carbons (Fsp3) is 0. The lowest BCUT2D eigenvalue weighted by Crippen LogP contribution is -2.18. The molecule has 0 fully saturated rings. The van der Waals surface area contributed by atoms with E-state index in [2.05, 4.69) is 10.5 Å². The Kier molecular flexibility index (Phi) is 5.92. The third-order valence-electron chi connectivity index (χ3n) is 5.61. The van der Waals surface area contributed by atoms with Crippen molar-refractivity contribution in [2.45, 2.75) is 0 Å². The first kappa shape index (κ1) is 21.9.